The molecule has 2 rings (SSSR count). The van der Waals surface area contributed by atoms with Gasteiger partial charge in [0.05, 0.1) is 19.9 Å². The van der Waals surface area contributed by atoms with Gasteiger partial charge in [0, 0.05) is 21.8 Å². The Morgan fingerprint density at radius 1 is 1.14 bits per heavy atom. The van der Waals surface area contributed by atoms with Crippen molar-refractivity contribution in [2.75, 3.05) is 25.3 Å². The number of anilines is 2. The van der Waals surface area contributed by atoms with E-state index in [0.717, 1.165) is 0 Å². The molecule has 2 aromatic rings. The molecule has 0 saturated carbocycles. The summed E-state index contributed by atoms with van der Waals surface area (Å²) in [7, 11) is 3.09. The first kappa shape index (κ1) is 15.2. The lowest BCUT2D eigenvalue weighted by Crippen LogP contribution is -2.13. The molecule has 3 N–H and O–H groups in total. The maximum atomic E-state index is 12.3. The Balaban J connectivity index is 2.26. The second-order valence-corrected chi connectivity index (χ2v) is 5.12. The van der Waals surface area contributed by atoms with E-state index in [1.54, 1.807) is 43.5 Å². The van der Waals surface area contributed by atoms with E-state index in [1.807, 2.05) is 0 Å². The fraction of sp³-hybridized carbons (Fsp3) is 0.133. The molecule has 0 heterocycles. The first-order valence-electron chi connectivity index (χ1n) is 6.13. The van der Waals surface area contributed by atoms with Crippen molar-refractivity contribution in [3.8, 4) is 11.5 Å². The van der Waals surface area contributed by atoms with E-state index in [0.29, 0.717) is 32.9 Å². The number of nitrogen functional groups attached to an aromatic ring is 1. The lowest BCUT2D eigenvalue weighted by molar-refractivity contribution is 0.102. The van der Waals surface area contributed by atoms with Gasteiger partial charge in [-0.3, -0.25) is 4.79 Å². The van der Waals surface area contributed by atoms with Crippen molar-refractivity contribution < 1.29 is 14.3 Å². The summed E-state index contributed by atoms with van der Waals surface area (Å²) in [6, 6.07) is 10.2. The van der Waals surface area contributed by atoms with Gasteiger partial charge in [-0.1, -0.05) is 0 Å². The second kappa shape index (κ2) is 6.49. The lowest BCUT2D eigenvalue weighted by Gasteiger charge is -2.13. The highest BCUT2D eigenvalue weighted by molar-refractivity contribution is 9.10. The third-order valence-corrected chi connectivity index (χ3v) is 3.51. The molecule has 110 valence electrons. The molecule has 0 unspecified atom stereocenters. The minimum absolute atomic E-state index is 0.249. The van der Waals surface area contributed by atoms with Crippen LogP contribution in [-0.2, 0) is 0 Å². The highest BCUT2D eigenvalue weighted by Crippen LogP contribution is 2.35. The standard InChI is InChI=1S/C15H15BrN2O3/c1-20-11-5-3-9(4-6-11)15(19)18-14-12(16)7-10(17)8-13(14)21-2/h3-8H,17H2,1-2H3,(H,18,19). The average molecular weight is 351 g/mol. The van der Waals surface area contributed by atoms with Gasteiger partial charge in [0.25, 0.3) is 5.91 Å². The van der Waals surface area contributed by atoms with Crippen molar-refractivity contribution in [2.24, 2.45) is 0 Å². The lowest BCUT2D eigenvalue weighted by atomic mass is 10.2. The van der Waals surface area contributed by atoms with Crippen molar-refractivity contribution in [2.45, 2.75) is 0 Å². The number of ether oxygens (including phenoxy) is 2. The number of rotatable bonds is 4. The number of methoxy groups -OCH3 is 2. The van der Waals surface area contributed by atoms with E-state index in [9.17, 15) is 4.79 Å². The van der Waals surface area contributed by atoms with Crippen LogP contribution in [0.5, 0.6) is 11.5 Å². The number of nitrogens with two attached hydrogens (primary N) is 1. The number of carbonyl (C=O) groups excluding carboxylic acids is 1. The average Bonchev–Trinajstić information content (AvgIpc) is 2.49. The van der Waals surface area contributed by atoms with Crippen molar-refractivity contribution in [1.82, 2.24) is 0 Å². The first-order chi connectivity index (χ1) is 10.0. The molecule has 5 nitrogen and oxygen atoms in total. The minimum atomic E-state index is -0.249. The molecule has 0 saturated heterocycles. The number of hydrogen-bond acceptors (Lipinski definition) is 4. The molecule has 0 fully saturated rings. The minimum Gasteiger partial charge on any atom is -0.497 e. The number of amides is 1. The summed E-state index contributed by atoms with van der Waals surface area (Å²) < 4.78 is 11.0. The van der Waals surface area contributed by atoms with Crippen LogP contribution in [-0.4, -0.2) is 20.1 Å². The summed E-state index contributed by atoms with van der Waals surface area (Å²) in [6.07, 6.45) is 0. The predicted octanol–water partition coefficient (Wildman–Crippen LogP) is 3.30. The molecule has 2 aromatic carbocycles. The van der Waals surface area contributed by atoms with Crippen molar-refractivity contribution in [3.63, 3.8) is 0 Å². The van der Waals surface area contributed by atoms with E-state index in [4.69, 9.17) is 15.2 Å². The summed E-state index contributed by atoms with van der Waals surface area (Å²) in [5, 5.41) is 2.80. The van der Waals surface area contributed by atoms with Crippen LogP contribution >= 0.6 is 15.9 Å². The van der Waals surface area contributed by atoms with Crippen LogP contribution in [0.3, 0.4) is 0 Å². The predicted molar refractivity (Wildman–Crippen MR) is 86.1 cm³/mol. The third kappa shape index (κ3) is 3.46. The van der Waals surface area contributed by atoms with Gasteiger partial charge < -0.3 is 20.5 Å². The van der Waals surface area contributed by atoms with Gasteiger partial charge in [-0.2, -0.15) is 0 Å². The molecule has 0 atom stereocenters. The fourth-order valence-electron chi connectivity index (χ4n) is 1.81. The topological polar surface area (TPSA) is 73.6 Å². The van der Waals surface area contributed by atoms with Gasteiger partial charge in [-0.05, 0) is 46.3 Å². The number of halogens is 1. The molecule has 0 aromatic heterocycles. The number of nitrogens with one attached hydrogen (secondary N) is 1. The molecule has 0 spiro atoms. The maximum absolute atomic E-state index is 12.3. The number of hydrogen-bond donors (Lipinski definition) is 2. The van der Waals surface area contributed by atoms with Gasteiger partial charge in [0.2, 0.25) is 0 Å². The molecule has 21 heavy (non-hydrogen) atoms. The highest BCUT2D eigenvalue weighted by atomic mass is 79.9. The monoisotopic (exact) mass is 350 g/mol. The molecule has 0 radical (unpaired) electrons. The van der Waals surface area contributed by atoms with Gasteiger partial charge in [-0.15, -0.1) is 0 Å². The van der Waals surface area contributed by atoms with Crippen molar-refractivity contribution >= 4 is 33.2 Å². The summed E-state index contributed by atoms with van der Waals surface area (Å²) in [4.78, 5) is 12.3. The van der Waals surface area contributed by atoms with Crippen LogP contribution in [0.25, 0.3) is 0 Å². The molecule has 0 aliphatic rings. The van der Waals surface area contributed by atoms with Crippen LogP contribution in [0.15, 0.2) is 40.9 Å². The van der Waals surface area contributed by atoms with Gasteiger partial charge >= 0.3 is 0 Å². The van der Waals surface area contributed by atoms with E-state index < -0.39 is 0 Å². The molecule has 6 heteroatoms. The number of benzene rings is 2. The SMILES string of the molecule is COc1ccc(C(=O)Nc2c(Br)cc(N)cc2OC)cc1. The van der Waals surface area contributed by atoms with Crippen LogP contribution < -0.4 is 20.5 Å². The Labute approximate surface area is 131 Å². The molecule has 0 bridgehead atoms. The molecule has 0 aliphatic heterocycles. The van der Waals surface area contributed by atoms with Gasteiger partial charge in [0.1, 0.15) is 11.5 Å². The largest absolute Gasteiger partial charge is 0.497 e. The second-order valence-electron chi connectivity index (χ2n) is 4.26. The van der Waals surface area contributed by atoms with Crippen LogP contribution in [0, 0.1) is 0 Å². The Morgan fingerprint density at radius 2 is 1.81 bits per heavy atom. The molecule has 1 amide bonds. The smallest absolute Gasteiger partial charge is 0.255 e. The van der Waals surface area contributed by atoms with E-state index in [-0.39, 0.29) is 5.91 Å². The zero-order chi connectivity index (χ0) is 15.4. The first-order valence-corrected chi connectivity index (χ1v) is 6.93. The zero-order valence-corrected chi connectivity index (χ0v) is 13.2. The van der Waals surface area contributed by atoms with Crippen LogP contribution in [0.4, 0.5) is 11.4 Å². The number of carbonyl (C=O) groups is 1. The maximum Gasteiger partial charge on any atom is 0.255 e. The Kier molecular flexibility index (Phi) is 4.70. The van der Waals surface area contributed by atoms with Gasteiger partial charge in [-0.25, -0.2) is 0 Å². The Morgan fingerprint density at radius 3 is 2.38 bits per heavy atom. The molecular weight excluding hydrogens is 336 g/mol. The summed E-state index contributed by atoms with van der Waals surface area (Å²) in [6.45, 7) is 0. The zero-order valence-electron chi connectivity index (χ0n) is 11.6. The molecule has 0 aliphatic carbocycles. The molecular formula is C15H15BrN2O3. The van der Waals surface area contributed by atoms with Crippen LogP contribution in [0.2, 0.25) is 0 Å². The van der Waals surface area contributed by atoms with E-state index in [2.05, 4.69) is 21.2 Å². The Bertz CT molecular complexity index is 657. The van der Waals surface area contributed by atoms with E-state index >= 15 is 0 Å². The summed E-state index contributed by atoms with van der Waals surface area (Å²) >= 11 is 3.37. The van der Waals surface area contributed by atoms with Crippen molar-refractivity contribution in [1.29, 1.82) is 0 Å². The quantitative estimate of drug-likeness (QED) is 0.829. The van der Waals surface area contributed by atoms with Gasteiger partial charge in [0.15, 0.2) is 0 Å². The van der Waals surface area contributed by atoms with Crippen LogP contribution in [0.1, 0.15) is 10.4 Å². The van der Waals surface area contributed by atoms with Crippen molar-refractivity contribution in [3.05, 3.63) is 46.4 Å². The Hall–Kier alpha value is -2.21. The summed E-state index contributed by atoms with van der Waals surface area (Å²) in [5.41, 5.74) is 7.33. The fourth-order valence-corrected chi connectivity index (χ4v) is 2.37. The van der Waals surface area contributed by atoms with E-state index in [1.165, 1.54) is 7.11 Å². The third-order valence-electron chi connectivity index (χ3n) is 2.89. The normalized spacial score (nSPS) is 10.0. The highest BCUT2D eigenvalue weighted by Gasteiger charge is 2.14. The summed E-state index contributed by atoms with van der Waals surface area (Å²) in [5.74, 6) is 0.933.